The lowest BCUT2D eigenvalue weighted by Crippen LogP contribution is -2.39. The number of hydrogen-bond donors (Lipinski definition) is 1. The van der Waals surface area contributed by atoms with Crippen molar-refractivity contribution in [1.29, 1.82) is 0 Å². The van der Waals surface area contributed by atoms with E-state index in [0.717, 1.165) is 18.7 Å². The molecule has 1 N–H and O–H groups in total. The Morgan fingerprint density at radius 2 is 1.95 bits per heavy atom. The highest BCUT2D eigenvalue weighted by molar-refractivity contribution is 5.45. The number of halogens is 3. The van der Waals surface area contributed by atoms with Crippen molar-refractivity contribution >= 4 is 11.8 Å². The fraction of sp³-hybridized carbons (Fsp3) is 0.714. The third-order valence-electron chi connectivity index (χ3n) is 3.66. The molecular weight excluding hydrogens is 281 g/mol. The molecule has 2 rings (SSSR count). The van der Waals surface area contributed by atoms with Crippen molar-refractivity contribution in [1.82, 2.24) is 9.97 Å². The predicted molar refractivity (Wildman–Crippen MR) is 76.5 cm³/mol. The fourth-order valence-corrected chi connectivity index (χ4v) is 2.47. The summed E-state index contributed by atoms with van der Waals surface area (Å²) in [5.41, 5.74) is 0.816. The zero-order valence-electron chi connectivity index (χ0n) is 12.4. The van der Waals surface area contributed by atoms with Gasteiger partial charge in [0.2, 0.25) is 5.95 Å². The lowest BCUT2D eigenvalue weighted by molar-refractivity contribution is -0.179. The first-order valence-corrected chi connectivity index (χ1v) is 7.31. The topological polar surface area (TPSA) is 41.1 Å². The summed E-state index contributed by atoms with van der Waals surface area (Å²) in [6, 6.07) is 1.82. The smallest absolute Gasteiger partial charge is 0.356 e. The minimum atomic E-state index is -4.08. The molecule has 1 aromatic heterocycles. The molecule has 21 heavy (non-hydrogen) atoms. The van der Waals surface area contributed by atoms with Crippen LogP contribution >= 0.6 is 0 Å². The minimum Gasteiger partial charge on any atom is -0.356 e. The Kier molecular flexibility index (Phi) is 4.90. The molecule has 1 fully saturated rings. The van der Waals surface area contributed by atoms with Crippen LogP contribution < -0.4 is 10.2 Å². The molecule has 118 valence electrons. The van der Waals surface area contributed by atoms with E-state index in [0.29, 0.717) is 24.9 Å². The molecule has 0 saturated carbocycles. The second kappa shape index (κ2) is 6.49. The molecule has 2 heterocycles. The van der Waals surface area contributed by atoms with Gasteiger partial charge in [0.15, 0.2) is 0 Å². The SMILES string of the molecule is CCCNc1nc(C)cc(N2CCC(C(F)(F)F)CC2)n1. The van der Waals surface area contributed by atoms with E-state index in [1.165, 1.54) is 0 Å². The summed E-state index contributed by atoms with van der Waals surface area (Å²) in [7, 11) is 0. The Hall–Kier alpha value is -1.53. The van der Waals surface area contributed by atoms with Crippen molar-refractivity contribution in [3.63, 3.8) is 0 Å². The van der Waals surface area contributed by atoms with Crippen LogP contribution in [-0.2, 0) is 0 Å². The monoisotopic (exact) mass is 302 g/mol. The lowest BCUT2D eigenvalue weighted by Gasteiger charge is -2.33. The van der Waals surface area contributed by atoms with Gasteiger partial charge >= 0.3 is 6.18 Å². The van der Waals surface area contributed by atoms with Crippen LogP contribution in [0.1, 0.15) is 31.9 Å². The number of nitrogens with one attached hydrogen (secondary N) is 1. The maximum absolute atomic E-state index is 12.7. The van der Waals surface area contributed by atoms with Gasteiger partial charge in [-0.05, 0) is 26.2 Å². The van der Waals surface area contributed by atoms with Crippen LogP contribution in [-0.4, -0.2) is 35.8 Å². The summed E-state index contributed by atoms with van der Waals surface area (Å²) in [5.74, 6) is 0.0703. The van der Waals surface area contributed by atoms with E-state index in [2.05, 4.69) is 15.3 Å². The van der Waals surface area contributed by atoms with Gasteiger partial charge in [0, 0.05) is 31.4 Å². The summed E-state index contributed by atoms with van der Waals surface area (Å²) in [6.45, 7) is 5.46. The maximum atomic E-state index is 12.7. The van der Waals surface area contributed by atoms with Crippen LogP contribution in [0.25, 0.3) is 0 Å². The standard InChI is InChI=1S/C14H21F3N4/c1-3-6-18-13-19-10(2)9-12(20-13)21-7-4-11(5-8-21)14(15,16)17/h9,11H,3-8H2,1-2H3,(H,18,19,20). The van der Waals surface area contributed by atoms with E-state index in [4.69, 9.17) is 0 Å². The van der Waals surface area contributed by atoms with Crippen LogP contribution in [0.4, 0.5) is 24.9 Å². The molecule has 0 radical (unpaired) electrons. The molecule has 0 amide bonds. The molecule has 1 aliphatic rings. The largest absolute Gasteiger partial charge is 0.391 e. The van der Waals surface area contributed by atoms with Crippen molar-refractivity contribution in [2.75, 3.05) is 29.9 Å². The molecule has 0 atom stereocenters. The van der Waals surface area contributed by atoms with E-state index in [1.807, 2.05) is 24.8 Å². The van der Waals surface area contributed by atoms with Crippen LogP contribution in [0, 0.1) is 12.8 Å². The number of nitrogens with zero attached hydrogens (tertiary/aromatic N) is 3. The molecule has 0 bridgehead atoms. The molecule has 0 aliphatic carbocycles. The van der Waals surface area contributed by atoms with Crippen LogP contribution in [0.15, 0.2) is 6.07 Å². The second-order valence-corrected chi connectivity index (χ2v) is 5.42. The first kappa shape index (κ1) is 15.9. The van der Waals surface area contributed by atoms with E-state index in [9.17, 15) is 13.2 Å². The van der Waals surface area contributed by atoms with Crippen molar-refractivity contribution in [2.45, 2.75) is 39.3 Å². The molecule has 0 spiro atoms. The highest BCUT2D eigenvalue weighted by atomic mass is 19.4. The van der Waals surface area contributed by atoms with Gasteiger partial charge < -0.3 is 10.2 Å². The predicted octanol–water partition coefficient (Wildman–Crippen LogP) is 3.39. The second-order valence-electron chi connectivity index (χ2n) is 5.42. The highest BCUT2D eigenvalue weighted by Gasteiger charge is 2.41. The fourth-order valence-electron chi connectivity index (χ4n) is 2.47. The Morgan fingerprint density at radius 3 is 2.52 bits per heavy atom. The summed E-state index contributed by atoms with van der Waals surface area (Å²) in [6.07, 6.45) is -2.86. The number of alkyl halides is 3. The molecule has 0 aromatic carbocycles. The number of aromatic nitrogens is 2. The summed E-state index contributed by atoms with van der Waals surface area (Å²) >= 11 is 0. The van der Waals surface area contributed by atoms with E-state index in [1.54, 1.807) is 0 Å². The Labute approximate surface area is 122 Å². The average Bonchev–Trinajstić information content (AvgIpc) is 2.44. The minimum absolute atomic E-state index is 0.129. The molecule has 7 heteroatoms. The van der Waals surface area contributed by atoms with Crippen molar-refractivity contribution in [3.8, 4) is 0 Å². The van der Waals surface area contributed by atoms with Gasteiger partial charge in [0.25, 0.3) is 0 Å². The van der Waals surface area contributed by atoms with E-state index in [-0.39, 0.29) is 12.8 Å². The van der Waals surface area contributed by atoms with Crippen LogP contribution in [0.2, 0.25) is 0 Å². The van der Waals surface area contributed by atoms with Gasteiger partial charge in [-0.2, -0.15) is 18.2 Å². The number of piperidine rings is 1. The summed E-state index contributed by atoms with van der Waals surface area (Å²) in [5, 5.41) is 3.12. The molecular formula is C14H21F3N4. The van der Waals surface area contributed by atoms with Gasteiger partial charge in [-0.15, -0.1) is 0 Å². The van der Waals surface area contributed by atoms with Crippen LogP contribution in [0.3, 0.4) is 0 Å². The first-order chi connectivity index (χ1) is 9.90. The molecule has 0 unspecified atom stereocenters. The Morgan fingerprint density at radius 1 is 1.29 bits per heavy atom. The van der Waals surface area contributed by atoms with Gasteiger partial charge in [-0.3, -0.25) is 0 Å². The van der Waals surface area contributed by atoms with Gasteiger partial charge in [-0.1, -0.05) is 6.92 Å². The van der Waals surface area contributed by atoms with Crippen LogP contribution in [0.5, 0.6) is 0 Å². The number of aryl methyl sites for hydroxylation is 1. The van der Waals surface area contributed by atoms with Crippen molar-refractivity contribution < 1.29 is 13.2 Å². The molecule has 1 aromatic rings. The number of anilines is 2. The average molecular weight is 302 g/mol. The van der Waals surface area contributed by atoms with Crippen molar-refractivity contribution in [2.24, 2.45) is 5.92 Å². The van der Waals surface area contributed by atoms with Gasteiger partial charge in [-0.25, -0.2) is 4.98 Å². The third-order valence-corrected chi connectivity index (χ3v) is 3.66. The molecule has 1 saturated heterocycles. The summed E-state index contributed by atoms with van der Waals surface area (Å²) < 4.78 is 38.1. The van der Waals surface area contributed by atoms with E-state index < -0.39 is 12.1 Å². The van der Waals surface area contributed by atoms with Gasteiger partial charge in [0.05, 0.1) is 5.92 Å². The third kappa shape index (κ3) is 4.22. The quantitative estimate of drug-likeness (QED) is 0.925. The zero-order chi connectivity index (χ0) is 15.5. The first-order valence-electron chi connectivity index (χ1n) is 7.31. The Bertz CT molecular complexity index is 468. The number of rotatable bonds is 4. The maximum Gasteiger partial charge on any atom is 0.391 e. The lowest BCUT2D eigenvalue weighted by atomic mass is 9.96. The molecule has 4 nitrogen and oxygen atoms in total. The number of hydrogen-bond acceptors (Lipinski definition) is 4. The normalized spacial score (nSPS) is 17.1. The Balaban J connectivity index is 2.04. The van der Waals surface area contributed by atoms with E-state index >= 15 is 0 Å². The summed E-state index contributed by atoms with van der Waals surface area (Å²) in [4.78, 5) is 10.6. The molecule has 1 aliphatic heterocycles. The zero-order valence-corrected chi connectivity index (χ0v) is 12.4. The van der Waals surface area contributed by atoms with Crippen molar-refractivity contribution in [3.05, 3.63) is 11.8 Å². The van der Waals surface area contributed by atoms with Gasteiger partial charge in [0.1, 0.15) is 5.82 Å². The highest BCUT2D eigenvalue weighted by Crippen LogP contribution is 2.35.